The number of nitrogens with zero attached hydrogens (tertiary/aromatic N) is 3. The second-order valence-corrected chi connectivity index (χ2v) is 8.51. The van der Waals surface area contributed by atoms with Gasteiger partial charge in [-0.05, 0) is 30.7 Å². The van der Waals surface area contributed by atoms with Gasteiger partial charge in [-0.2, -0.15) is 22.6 Å². The number of alkyl halides is 9. The second-order valence-electron chi connectivity index (χ2n) is 6.51. The minimum atomic E-state index is -4.94. The van der Waals surface area contributed by atoms with E-state index >= 15 is 0 Å². The van der Waals surface area contributed by atoms with Gasteiger partial charge in [-0.3, -0.25) is 20.0 Å². The quantitative estimate of drug-likeness (QED) is 0.234. The number of aromatic nitrogens is 2. The predicted octanol–water partition coefficient (Wildman–Crippen LogP) is 5.41. The number of amides is 2. The minimum absolute atomic E-state index is 0.0360. The van der Waals surface area contributed by atoms with Crippen molar-refractivity contribution in [2.24, 2.45) is 0 Å². The molecule has 2 aromatic rings. The van der Waals surface area contributed by atoms with Crippen LogP contribution >= 0.6 is 31.9 Å². The first-order valence-electron chi connectivity index (χ1n) is 8.98. The highest BCUT2D eigenvalue weighted by Crippen LogP contribution is 2.34. The lowest BCUT2D eigenvalue weighted by atomic mass is 10.0. The summed E-state index contributed by atoms with van der Waals surface area (Å²) < 4.78 is 100. The Balaban J connectivity index is 2.41. The average molecular weight is 642 g/mol. The van der Waals surface area contributed by atoms with E-state index in [1.807, 2.05) is 0 Å². The van der Waals surface area contributed by atoms with E-state index in [2.05, 4.69) is 14.7 Å². The van der Waals surface area contributed by atoms with Crippen LogP contribution in [0.2, 0.25) is 0 Å². The zero-order valence-corrected chi connectivity index (χ0v) is 20.5. The molecule has 0 bridgehead atoms. The fraction of sp³-hybridized carbons (Fsp3) is 0.333. The van der Waals surface area contributed by atoms with Gasteiger partial charge in [0.1, 0.15) is 5.75 Å². The molecule has 0 radical (unpaired) electrons. The number of hydrogen-bond acceptors (Lipinski definition) is 7. The first kappa shape index (κ1) is 28.7. The number of halogens is 9. The van der Waals surface area contributed by atoms with Gasteiger partial charge in [0.25, 0.3) is 0 Å². The number of anilines is 1. The molecule has 0 aliphatic heterocycles. The van der Waals surface area contributed by atoms with Crippen LogP contribution in [0.5, 0.6) is 5.75 Å². The lowest BCUT2D eigenvalue weighted by molar-refractivity contribution is -0.274. The van der Waals surface area contributed by atoms with E-state index < -0.39 is 50.5 Å². The predicted molar refractivity (Wildman–Crippen MR) is 113 cm³/mol. The molecule has 192 valence electrons. The number of imide groups is 1. The van der Waals surface area contributed by atoms with Crippen molar-refractivity contribution in [3.8, 4) is 17.0 Å². The van der Waals surface area contributed by atoms with Crippen LogP contribution in [-0.4, -0.2) is 49.9 Å². The lowest BCUT2D eigenvalue weighted by Gasteiger charge is -2.25. The highest BCUT2D eigenvalue weighted by molar-refractivity contribution is 9.10. The molecule has 1 aromatic heterocycles. The Hall–Kier alpha value is -2.53. The Bertz CT molecular complexity index is 1050. The van der Waals surface area contributed by atoms with E-state index in [4.69, 9.17) is 4.74 Å². The van der Waals surface area contributed by atoms with Crippen LogP contribution in [-0.2, 0) is 14.3 Å². The molecule has 0 saturated heterocycles. The van der Waals surface area contributed by atoms with E-state index in [0.29, 0.717) is 0 Å². The zero-order valence-electron chi connectivity index (χ0n) is 17.3. The topological polar surface area (TPSA) is 93.7 Å². The van der Waals surface area contributed by atoms with Crippen molar-refractivity contribution in [1.29, 1.82) is 0 Å². The van der Waals surface area contributed by atoms with E-state index in [1.54, 1.807) is 37.3 Å². The summed E-state index contributed by atoms with van der Waals surface area (Å²) in [4.78, 5) is 22.4. The summed E-state index contributed by atoms with van der Waals surface area (Å²) >= 11 is 3.36. The zero-order chi connectivity index (χ0) is 26.8. The van der Waals surface area contributed by atoms with Gasteiger partial charge in [-0.25, -0.2) is 4.98 Å². The van der Waals surface area contributed by atoms with Gasteiger partial charge in [-0.15, -0.1) is 13.2 Å². The third-order valence-corrected chi connectivity index (χ3v) is 4.77. The fourth-order valence-corrected chi connectivity index (χ4v) is 2.88. The molecule has 1 N–H and O–H groups in total. The number of methoxy groups -OCH3 is 1. The van der Waals surface area contributed by atoms with Gasteiger partial charge in [0.2, 0.25) is 0 Å². The lowest BCUT2D eigenvalue weighted by Crippen LogP contribution is -2.52. The Morgan fingerprint density at radius 1 is 1.00 bits per heavy atom. The van der Waals surface area contributed by atoms with E-state index in [-0.39, 0.29) is 16.8 Å². The maximum atomic E-state index is 13.3. The van der Waals surface area contributed by atoms with Crippen LogP contribution in [0, 0.1) is 0 Å². The van der Waals surface area contributed by atoms with Crippen molar-refractivity contribution < 1.29 is 49.8 Å². The highest BCUT2D eigenvalue weighted by Gasteiger charge is 2.49. The summed E-state index contributed by atoms with van der Waals surface area (Å²) in [5.74, 6) is -5.85. The number of hydrazine groups is 1. The minimum Gasteiger partial charge on any atom is -0.406 e. The van der Waals surface area contributed by atoms with Crippen LogP contribution in [0.15, 0.2) is 30.6 Å². The molecule has 35 heavy (non-hydrogen) atoms. The van der Waals surface area contributed by atoms with Gasteiger partial charge in [0.05, 0.1) is 24.2 Å². The second kappa shape index (κ2) is 10.6. The largest absolute Gasteiger partial charge is 0.573 e. The first-order chi connectivity index (χ1) is 15.9. The van der Waals surface area contributed by atoms with Crippen molar-refractivity contribution in [1.82, 2.24) is 15.0 Å². The van der Waals surface area contributed by atoms with Crippen LogP contribution in [0.1, 0.15) is 18.6 Å². The Kier molecular flexibility index (Phi) is 8.70. The van der Waals surface area contributed by atoms with Crippen molar-refractivity contribution in [2.75, 3.05) is 12.5 Å². The molecule has 0 aliphatic carbocycles. The SMILES string of the molecule is COC(C)c1cc(OC(F)(F)F)ccc1-c1cnc(NN(C(=O)C(F)(F)Br)C(=O)C(F)(F)Br)cn1. The summed E-state index contributed by atoms with van der Waals surface area (Å²) in [6.45, 7) is 1.52. The number of ether oxygens (including phenoxy) is 2. The van der Waals surface area contributed by atoms with Crippen LogP contribution in [0.3, 0.4) is 0 Å². The number of rotatable bonds is 8. The Morgan fingerprint density at radius 3 is 2.00 bits per heavy atom. The highest BCUT2D eigenvalue weighted by atomic mass is 79.9. The smallest absolute Gasteiger partial charge is 0.406 e. The van der Waals surface area contributed by atoms with E-state index in [9.17, 15) is 40.3 Å². The van der Waals surface area contributed by atoms with Gasteiger partial charge in [0.15, 0.2) is 5.82 Å². The summed E-state index contributed by atoms with van der Waals surface area (Å²) in [6.07, 6.45) is -3.89. The maximum Gasteiger partial charge on any atom is 0.573 e. The summed E-state index contributed by atoms with van der Waals surface area (Å²) in [5, 5.41) is -0.658. The van der Waals surface area contributed by atoms with Crippen LogP contribution in [0.4, 0.5) is 36.6 Å². The molecule has 0 aliphatic rings. The third-order valence-electron chi connectivity index (χ3n) is 4.09. The van der Waals surface area contributed by atoms with E-state index in [0.717, 1.165) is 24.5 Å². The third kappa shape index (κ3) is 7.73. The van der Waals surface area contributed by atoms with Crippen molar-refractivity contribution >= 4 is 49.5 Å². The van der Waals surface area contributed by atoms with Crippen molar-refractivity contribution in [3.63, 3.8) is 0 Å². The molecular formula is C18H13Br2F7N4O4. The van der Waals surface area contributed by atoms with Crippen molar-refractivity contribution in [3.05, 3.63) is 36.2 Å². The average Bonchev–Trinajstić information content (AvgIpc) is 2.74. The monoisotopic (exact) mass is 640 g/mol. The molecule has 8 nitrogen and oxygen atoms in total. The number of hydrogen-bond donors (Lipinski definition) is 1. The molecule has 1 unspecified atom stereocenters. The van der Waals surface area contributed by atoms with E-state index in [1.165, 1.54) is 20.1 Å². The summed E-state index contributed by atoms with van der Waals surface area (Å²) in [5.41, 5.74) is 2.20. The molecule has 0 spiro atoms. The Morgan fingerprint density at radius 2 is 1.57 bits per heavy atom. The molecule has 17 heteroatoms. The molecule has 1 heterocycles. The normalized spacial score (nSPS) is 13.2. The number of carbonyl (C=O) groups is 2. The van der Waals surface area contributed by atoms with Crippen LogP contribution in [0.25, 0.3) is 11.3 Å². The van der Waals surface area contributed by atoms with Gasteiger partial charge in [0, 0.05) is 44.5 Å². The molecule has 0 fully saturated rings. The van der Waals surface area contributed by atoms with Gasteiger partial charge < -0.3 is 9.47 Å². The van der Waals surface area contributed by atoms with Gasteiger partial charge >= 0.3 is 27.8 Å². The molecule has 1 aromatic carbocycles. The number of nitrogens with one attached hydrogen (secondary N) is 1. The number of carbonyl (C=O) groups excluding carboxylic acids is 2. The molecule has 2 amide bonds. The Labute approximate surface area is 209 Å². The first-order valence-corrected chi connectivity index (χ1v) is 10.6. The summed E-state index contributed by atoms with van der Waals surface area (Å²) in [6, 6.07) is 3.27. The van der Waals surface area contributed by atoms with Crippen LogP contribution < -0.4 is 10.2 Å². The standard InChI is InChI=1S/C18H13Br2F7N4O4/c1-8(34-2)11-5-9(35-18(25,26)27)3-4-10(11)12-6-29-13(7-28-12)30-31(14(32)16(19,21)22)15(33)17(20,23)24/h3-8H,1-2H3,(H,29,30). The molecule has 0 saturated carbocycles. The molecule has 1 atom stereocenters. The van der Waals surface area contributed by atoms with Crippen molar-refractivity contribution in [2.45, 2.75) is 29.1 Å². The summed E-state index contributed by atoms with van der Waals surface area (Å²) in [7, 11) is 1.30. The molecular weight excluding hydrogens is 629 g/mol. The maximum absolute atomic E-state index is 13.3. The molecule has 2 rings (SSSR count). The van der Waals surface area contributed by atoms with Gasteiger partial charge in [-0.1, -0.05) is 0 Å². The number of benzene rings is 1. The fourth-order valence-electron chi connectivity index (χ4n) is 2.52.